The Balaban J connectivity index is 1.45. The first-order valence-electron chi connectivity index (χ1n) is 10.3. The smallest absolute Gasteiger partial charge is 0.414 e. The number of nitrogens with zero attached hydrogens (tertiary/aromatic N) is 3. The standard InChI is InChI=1S/C24H23FN4O4/c1-16(30)26-12-21-14-29(24(31)33-21)19-7-10-23(22(25)11-19)28-13-18(27-15-28)6-3-17-4-8-20(32-2)9-5-17/h3-11,13,15,21H,12,14H2,1-2H3,(H,26,30)/b6-3+/t21-/m0/s1. The number of methoxy groups -OCH3 is 1. The van der Waals surface area contributed by atoms with Gasteiger partial charge in [-0.25, -0.2) is 14.2 Å². The zero-order chi connectivity index (χ0) is 23.4. The predicted molar refractivity (Wildman–Crippen MR) is 122 cm³/mol. The first kappa shape index (κ1) is 22.1. The second-order valence-corrected chi connectivity index (χ2v) is 7.50. The number of rotatable bonds is 7. The minimum atomic E-state index is -0.578. The molecule has 3 aromatic rings. The molecular formula is C24H23FN4O4. The number of aromatic nitrogens is 2. The fraction of sp³-hybridized carbons (Fsp3) is 0.208. The Kier molecular flexibility index (Phi) is 6.39. The second kappa shape index (κ2) is 9.56. The molecule has 1 fully saturated rings. The number of ether oxygens (including phenoxy) is 2. The lowest BCUT2D eigenvalue weighted by atomic mass is 10.2. The van der Waals surface area contributed by atoms with E-state index in [0.717, 1.165) is 11.3 Å². The van der Waals surface area contributed by atoms with Crippen molar-refractivity contribution < 1.29 is 23.5 Å². The van der Waals surface area contributed by atoms with Crippen LogP contribution in [0.5, 0.6) is 5.75 Å². The van der Waals surface area contributed by atoms with Gasteiger partial charge in [-0.3, -0.25) is 9.69 Å². The highest BCUT2D eigenvalue weighted by molar-refractivity contribution is 5.90. The molecule has 9 heteroatoms. The normalized spacial score (nSPS) is 15.7. The third-order valence-corrected chi connectivity index (χ3v) is 5.14. The van der Waals surface area contributed by atoms with Crippen LogP contribution in [0.2, 0.25) is 0 Å². The van der Waals surface area contributed by atoms with Gasteiger partial charge in [0.25, 0.3) is 0 Å². The molecule has 0 unspecified atom stereocenters. The molecule has 1 saturated heterocycles. The van der Waals surface area contributed by atoms with E-state index in [1.807, 2.05) is 36.4 Å². The van der Waals surface area contributed by atoms with Crippen LogP contribution in [-0.4, -0.2) is 47.9 Å². The highest BCUT2D eigenvalue weighted by atomic mass is 19.1. The highest BCUT2D eigenvalue weighted by Crippen LogP contribution is 2.26. The number of hydrogen-bond acceptors (Lipinski definition) is 5. The van der Waals surface area contributed by atoms with Crippen molar-refractivity contribution in [2.75, 3.05) is 25.1 Å². The summed E-state index contributed by atoms with van der Waals surface area (Å²) in [6.45, 7) is 1.82. The Bertz CT molecular complexity index is 1190. The Morgan fingerprint density at radius 1 is 1.27 bits per heavy atom. The minimum absolute atomic E-state index is 0.208. The average molecular weight is 450 g/mol. The molecule has 1 aromatic heterocycles. The first-order chi connectivity index (χ1) is 15.9. The van der Waals surface area contributed by atoms with Gasteiger partial charge in [0.2, 0.25) is 5.91 Å². The quantitative estimate of drug-likeness (QED) is 0.594. The van der Waals surface area contributed by atoms with Gasteiger partial charge in [-0.1, -0.05) is 18.2 Å². The molecule has 4 rings (SSSR count). The van der Waals surface area contributed by atoms with E-state index >= 15 is 0 Å². The number of imidazole rings is 1. The van der Waals surface area contributed by atoms with Crippen molar-refractivity contribution >= 4 is 29.8 Å². The molecule has 1 N–H and O–H groups in total. The molecule has 1 atom stereocenters. The highest BCUT2D eigenvalue weighted by Gasteiger charge is 2.32. The number of amides is 2. The summed E-state index contributed by atoms with van der Waals surface area (Å²) in [6.07, 6.45) is 5.91. The van der Waals surface area contributed by atoms with Crippen LogP contribution in [0.25, 0.3) is 17.8 Å². The Labute approximate surface area is 190 Å². The van der Waals surface area contributed by atoms with Crippen LogP contribution in [0.15, 0.2) is 55.0 Å². The van der Waals surface area contributed by atoms with Crippen molar-refractivity contribution in [2.24, 2.45) is 0 Å². The van der Waals surface area contributed by atoms with E-state index in [2.05, 4.69) is 10.3 Å². The second-order valence-electron chi connectivity index (χ2n) is 7.50. The van der Waals surface area contributed by atoms with Crippen molar-refractivity contribution in [3.05, 3.63) is 72.1 Å². The lowest BCUT2D eigenvalue weighted by Gasteiger charge is -2.14. The van der Waals surface area contributed by atoms with Crippen molar-refractivity contribution in [3.63, 3.8) is 0 Å². The summed E-state index contributed by atoms with van der Waals surface area (Å²) in [7, 11) is 1.62. The molecule has 0 aliphatic carbocycles. The molecule has 0 spiro atoms. The monoisotopic (exact) mass is 450 g/mol. The van der Waals surface area contributed by atoms with Crippen LogP contribution in [0.1, 0.15) is 18.2 Å². The van der Waals surface area contributed by atoms with Crippen molar-refractivity contribution in [3.8, 4) is 11.4 Å². The van der Waals surface area contributed by atoms with E-state index in [4.69, 9.17) is 9.47 Å². The van der Waals surface area contributed by atoms with Gasteiger partial charge in [-0.15, -0.1) is 0 Å². The lowest BCUT2D eigenvalue weighted by Crippen LogP contribution is -2.33. The number of carbonyl (C=O) groups is 2. The number of nitrogens with one attached hydrogen (secondary N) is 1. The largest absolute Gasteiger partial charge is 0.497 e. The van der Waals surface area contributed by atoms with Crippen LogP contribution in [0.4, 0.5) is 14.9 Å². The van der Waals surface area contributed by atoms with Crippen LogP contribution >= 0.6 is 0 Å². The summed E-state index contributed by atoms with van der Waals surface area (Å²) in [6, 6.07) is 12.1. The van der Waals surface area contributed by atoms with Crippen molar-refractivity contribution in [2.45, 2.75) is 13.0 Å². The summed E-state index contributed by atoms with van der Waals surface area (Å²) in [5.41, 5.74) is 2.33. The molecule has 0 bridgehead atoms. The average Bonchev–Trinajstić information content (AvgIpc) is 3.43. The molecule has 33 heavy (non-hydrogen) atoms. The van der Waals surface area contributed by atoms with E-state index in [9.17, 15) is 14.0 Å². The van der Waals surface area contributed by atoms with E-state index < -0.39 is 18.0 Å². The van der Waals surface area contributed by atoms with Crippen LogP contribution in [0.3, 0.4) is 0 Å². The van der Waals surface area contributed by atoms with E-state index in [1.54, 1.807) is 30.0 Å². The summed E-state index contributed by atoms with van der Waals surface area (Å²) >= 11 is 0. The number of benzene rings is 2. The van der Waals surface area contributed by atoms with Gasteiger partial charge in [0, 0.05) is 13.1 Å². The first-order valence-corrected chi connectivity index (χ1v) is 10.3. The molecule has 8 nitrogen and oxygen atoms in total. The summed E-state index contributed by atoms with van der Waals surface area (Å²) < 4.78 is 26.8. The molecular weight excluding hydrogens is 427 g/mol. The summed E-state index contributed by atoms with van der Waals surface area (Å²) in [5.74, 6) is 0.0629. The maximum Gasteiger partial charge on any atom is 0.414 e. The molecule has 0 saturated carbocycles. The fourth-order valence-corrected chi connectivity index (χ4v) is 3.42. The number of cyclic esters (lactones) is 1. The minimum Gasteiger partial charge on any atom is -0.497 e. The molecule has 0 radical (unpaired) electrons. The maximum atomic E-state index is 14.9. The molecule has 2 amide bonds. The van der Waals surface area contributed by atoms with Gasteiger partial charge in [0.15, 0.2) is 0 Å². The summed E-state index contributed by atoms with van der Waals surface area (Å²) in [4.78, 5) is 28.9. The number of halogens is 1. The topological polar surface area (TPSA) is 85.7 Å². The zero-order valence-corrected chi connectivity index (χ0v) is 18.2. The van der Waals surface area contributed by atoms with Gasteiger partial charge in [-0.2, -0.15) is 0 Å². The van der Waals surface area contributed by atoms with E-state index in [1.165, 1.54) is 24.2 Å². The molecule has 1 aliphatic rings. The van der Waals surface area contributed by atoms with Gasteiger partial charge < -0.3 is 19.4 Å². The van der Waals surface area contributed by atoms with E-state index in [0.29, 0.717) is 17.1 Å². The lowest BCUT2D eigenvalue weighted by molar-refractivity contribution is -0.119. The fourth-order valence-electron chi connectivity index (χ4n) is 3.42. The Morgan fingerprint density at radius 2 is 2.06 bits per heavy atom. The van der Waals surface area contributed by atoms with E-state index in [-0.39, 0.29) is 19.0 Å². The van der Waals surface area contributed by atoms with Gasteiger partial charge in [0.05, 0.1) is 43.6 Å². The summed E-state index contributed by atoms with van der Waals surface area (Å²) in [5, 5.41) is 2.61. The molecule has 2 heterocycles. The third kappa shape index (κ3) is 5.20. The zero-order valence-electron chi connectivity index (χ0n) is 18.2. The number of hydrogen-bond donors (Lipinski definition) is 1. The van der Waals surface area contributed by atoms with Crippen molar-refractivity contribution in [1.82, 2.24) is 14.9 Å². The van der Waals surface area contributed by atoms with Crippen LogP contribution in [-0.2, 0) is 9.53 Å². The Morgan fingerprint density at radius 3 is 2.76 bits per heavy atom. The van der Waals surface area contributed by atoms with Gasteiger partial charge in [0.1, 0.15) is 17.7 Å². The Hall–Kier alpha value is -4.14. The van der Waals surface area contributed by atoms with Gasteiger partial charge in [-0.05, 0) is 42.0 Å². The van der Waals surface area contributed by atoms with Crippen LogP contribution < -0.4 is 15.0 Å². The molecule has 170 valence electrons. The van der Waals surface area contributed by atoms with Crippen molar-refractivity contribution in [1.29, 1.82) is 0 Å². The third-order valence-electron chi connectivity index (χ3n) is 5.14. The molecule has 2 aromatic carbocycles. The predicted octanol–water partition coefficient (Wildman–Crippen LogP) is 3.65. The van der Waals surface area contributed by atoms with Crippen LogP contribution in [0, 0.1) is 5.82 Å². The SMILES string of the molecule is COc1ccc(/C=C/c2cn(-c3ccc(N4C[C@H](CNC(C)=O)OC4=O)cc3F)cn2)cc1. The number of carbonyl (C=O) groups excluding carboxylic acids is 2. The molecule has 1 aliphatic heterocycles. The number of anilines is 1. The maximum absolute atomic E-state index is 14.9. The van der Waals surface area contributed by atoms with Gasteiger partial charge >= 0.3 is 6.09 Å².